The lowest BCUT2D eigenvalue weighted by molar-refractivity contribution is -0.185. The number of thiophene rings is 1. The molecule has 2 nitrogen and oxygen atoms in total. The molecule has 2 fully saturated rings. The fraction of sp³-hybridized carbons (Fsp3) is 0.733. The van der Waals surface area contributed by atoms with Gasteiger partial charge in [-0.2, -0.15) is 13.2 Å². The number of nitrogens with zero attached hydrogens (tertiary/aromatic N) is 1. The molecular formula is C15H21F3N2S. The van der Waals surface area contributed by atoms with Crippen LogP contribution in [0.5, 0.6) is 0 Å². The first-order chi connectivity index (χ1) is 10.0. The summed E-state index contributed by atoms with van der Waals surface area (Å²) in [4.78, 5) is 4.72. The van der Waals surface area contributed by atoms with Gasteiger partial charge in [0, 0.05) is 28.9 Å². The van der Waals surface area contributed by atoms with E-state index in [2.05, 4.69) is 22.3 Å². The van der Waals surface area contributed by atoms with Crippen LogP contribution in [0.4, 0.5) is 13.2 Å². The first-order valence-corrected chi connectivity index (χ1v) is 8.42. The van der Waals surface area contributed by atoms with Gasteiger partial charge in [0.25, 0.3) is 0 Å². The van der Waals surface area contributed by atoms with E-state index in [4.69, 9.17) is 0 Å². The van der Waals surface area contributed by atoms with Crippen LogP contribution in [0.15, 0.2) is 12.1 Å². The van der Waals surface area contributed by atoms with Crippen LogP contribution < -0.4 is 5.32 Å². The van der Waals surface area contributed by atoms with Gasteiger partial charge in [-0.05, 0) is 50.9 Å². The molecule has 1 N–H and O–H groups in total. The first kappa shape index (κ1) is 15.3. The fourth-order valence-electron chi connectivity index (χ4n) is 2.77. The maximum Gasteiger partial charge on any atom is 0.391 e. The molecular weight excluding hydrogens is 297 g/mol. The van der Waals surface area contributed by atoms with E-state index < -0.39 is 12.1 Å². The zero-order valence-electron chi connectivity index (χ0n) is 12.0. The van der Waals surface area contributed by atoms with Crippen molar-refractivity contribution >= 4 is 11.3 Å². The van der Waals surface area contributed by atoms with Crippen LogP contribution in [0.3, 0.4) is 0 Å². The number of hydrogen-bond donors (Lipinski definition) is 1. The average molecular weight is 318 g/mol. The van der Waals surface area contributed by atoms with Gasteiger partial charge in [-0.1, -0.05) is 0 Å². The lowest BCUT2D eigenvalue weighted by Gasteiger charge is -2.32. The molecule has 0 amide bonds. The molecule has 1 saturated carbocycles. The number of halogens is 3. The molecule has 0 atom stereocenters. The Morgan fingerprint density at radius 2 is 1.76 bits per heavy atom. The van der Waals surface area contributed by atoms with Gasteiger partial charge in [-0.25, -0.2) is 0 Å². The van der Waals surface area contributed by atoms with E-state index in [0.717, 1.165) is 13.1 Å². The summed E-state index contributed by atoms with van der Waals surface area (Å²) < 4.78 is 37.9. The maximum absolute atomic E-state index is 12.6. The van der Waals surface area contributed by atoms with E-state index in [0.29, 0.717) is 19.1 Å². The quantitative estimate of drug-likeness (QED) is 0.889. The molecule has 3 rings (SSSR count). The monoisotopic (exact) mass is 318 g/mol. The highest BCUT2D eigenvalue weighted by molar-refractivity contribution is 7.11. The van der Waals surface area contributed by atoms with Crippen molar-refractivity contribution < 1.29 is 13.2 Å². The SMILES string of the molecule is FC(F)(F)C1CCN(Cc2ccc(CNC3CC3)s2)CC1. The summed E-state index contributed by atoms with van der Waals surface area (Å²) in [6.07, 6.45) is -0.967. The summed E-state index contributed by atoms with van der Waals surface area (Å²) >= 11 is 1.78. The third kappa shape index (κ3) is 4.44. The van der Waals surface area contributed by atoms with Crippen molar-refractivity contribution in [1.29, 1.82) is 0 Å². The highest BCUT2D eigenvalue weighted by Crippen LogP contribution is 2.34. The van der Waals surface area contributed by atoms with Crippen LogP contribution in [0.2, 0.25) is 0 Å². The second-order valence-corrected chi connectivity index (χ2v) is 7.37. The van der Waals surface area contributed by atoms with Crippen molar-refractivity contribution in [2.24, 2.45) is 5.92 Å². The largest absolute Gasteiger partial charge is 0.391 e. The molecule has 1 aromatic rings. The predicted octanol–water partition coefficient (Wildman–Crippen LogP) is 3.77. The van der Waals surface area contributed by atoms with Gasteiger partial charge in [0.15, 0.2) is 0 Å². The third-order valence-electron chi connectivity index (χ3n) is 4.29. The minimum atomic E-state index is -4.02. The van der Waals surface area contributed by atoms with Gasteiger partial charge < -0.3 is 5.32 Å². The van der Waals surface area contributed by atoms with E-state index in [-0.39, 0.29) is 12.8 Å². The number of piperidine rings is 1. The summed E-state index contributed by atoms with van der Waals surface area (Å²) in [5.74, 6) is -1.10. The minimum absolute atomic E-state index is 0.241. The minimum Gasteiger partial charge on any atom is -0.309 e. The van der Waals surface area contributed by atoms with Crippen LogP contribution in [0.25, 0.3) is 0 Å². The molecule has 0 radical (unpaired) electrons. The van der Waals surface area contributed by atoms with Crippen molar-refractivity contribution in [3.8, 4) is 0 Å². The van der Waals surface area contributed by atoms with Crippen LogP contribution in [0.1, 0.15) is 35.4 Å². The molecule has 2 aliphatic rings. The molecule has 1 aliphatic heterocycles. The molecule has 21 heavy (non-hydrogen) atoms. The third-order valence-corrected chi connectivity index (χ3v) is 5.36. The molecule has 0 unspecified atom stereocenters. The van der Waals surface area contributed by atoms with Crippen molar-refractivity contribution in [3.63, 3.8) is 0 Å². The van der Waals surface area contributed by atoms with Crippen molar-refractivity contribution in [2.45, 2.75) is 51.0 Å². The molecule has 1 aromatic heterocycles. The van der Waals surface area contributed by atoms with Gasteiger partial charge in [0.1, 0.15) is 0 Å². The molecule has 6 heteroatoms. The summed E-state index contributed by atoms with van der Waals surface area (Å²) in [5, 5.41) is 3.48. The highest BCUT2D eigenvalue weighted by atomic mass is 32.1. The van der Waals surface area contributed by atoms with Crippen LogP contribution in [-0.4, -0.2) is 30.2 Å². The Labute approximate surface area is 127 Å². The Morgan fingerprint density at radius 3 is 2.38 bits per heavy atom. The number of nitrogens with one attached hydrogen (secondary N) is 1. The maximum atomic E-state index is 12.6. The Balaban J connectivity index is 1.44. The van der Waals surface area contributed by atoms with Gasteiger partial charge in [-0.3, -0.25) is 4.90 Å². The lowest BCUT2D eigenvalue weighted by atomic mass is 9.96. The van der Waals surface area contributed by atoms with Crippen LogP contribution >= 0.6 is 11.3 Å². The number of likely N-dealkylation sites (tertiary alicyclic amines) is 1. The molecule has 0 spiro atoms. The molecule has 1 aliphatic carbocycles. The second kappa shape index (κ2) is 6.26. The van der Waals surface area contributed by atoms with Crippen molar-refractivity contribution in [3.05, 3.63) is 21.9 Å². The standard InChI is InChI=1S/C15H21F3N2S/c16-15(17,18)11-5-7-20(8-6-11)10-14-4-3-13(21-14)9-19-12-1-2-12/h3-4,11-12,19H,1-2,5-10H2. The van der Waals surface area contributed by atoms with Gasteiger partial charge in [-0.15, -0.1) is 11.3 Å². The topological polar surface area (TPSA) is 15.3 Å². The molecule has 0 bridgehead atoms. The van der Waals surface area contributed by atoms with E-state index >= 15 is 0 Å². The van der Waals surface area contributed by atoms with Gasteiger partial charge >= 0.3 is 6.18 Å². The number of hydrogen-bond acceptors (Lipinski definition) is 3. The predicted molar refractivity (Wildman–Crippen MR) is 78.2 cm³/mol. The molecule has 2 heterocycles. The van der Waals surface area contributed by atoms with Gasteiger partial charge in [0.2, 0.25) is 0 Å². The normalized spacial score (nSPS) is 21.9. The van der Waals surface area contributed by atoms with E-state index in [9.17, 15) is 13.2 Å². The Hall–Kier alpha value is -0.590. The Morgan fingerprint density at radius 1 is 1.10 bits per heavy atom. The Bertz CT molecular complexity index is 460. The summed E-state index contributed by atoms with van der Waals surface area (Å²) in [5.41, 5.74) is 0. The summed E-state index contributed by atoms with van der Waals surface area (Å²) in [7, 11) is 0. The first-order valence-electron chi connectivity index (χ1n) is 7.61. The Kier molecular flexibility index (Phi) is 4.57. The smallest absolute Gasteiger partial charge is 0.309 e. The molecule has 118 valence electrons. The van der Waals surface area contributed by atoms with Gasteiger partial charge in [0.05, 0.1) is 5.92 Å². The van der Waals surface area contributed by atoms with Crippen molar-refractivity contribution in [1.82, 2.24) is 10.2 Å². The van der Waals surface area contributed by atoms with E-state index in [1.54, 1.807) is 11.3 Å². The second-order valence-electron chi connectivity index (χ2n) is 6.12. The van der Waals surface area contributed by atoms with Crippen molar-refractivity contribution in [2.75, 3.05) is 13.1 Å². The zero-order valence-corrected chi connectivity index (χ0v) is 12.8. The highest BCUT2D eigenvalue weighted by Gasteiger charge is 2.40. The van der Waals surface area contributed by atoms with E-state index in [1.807, 2.05) is 0 Å². The number of alkyl halides is 3. The number of rotatable bonds is 5. The van der Waals surface area contributed by atoms with Crippen LogP contribution in [-0.2, 0) is 13.1 Å². The van der Waals surface area contributed by atoms with E-state index in [1.165, 1.54) is 22.6 Å². The zero-order chi connectivity index (χ0) is 14.9. The molecule has 1 saturated heterocycles. The molecule has 0 aromatic carbocycles. The van der Waals surface area contributed by atoms with Crippen LogP contribution in [0, 0.1) is 5.92 Å². The summed E-state index contributed by atoms with van der Waals surface area (Å²) in [6, 6.07) is 4.96. The fourth-order valence-corrected chi connectivity index (χ4v) is 3.79. The average Bonchev–Trinajstić information content (AvgIpc) is 3.16. The lowest BCUT2D eigenvalue weighted by Crippen LogP contribution is -2.38. The summed E-state index contributed by atoms with van der Waals surface area (Å²) in [6.45, 7) is 2.82.